The molecule has 1 saturated carbocycles. The molecule has 0 radical (unpaired) electrons. The van der Waals surface area contributed by atoms with E-state index in [1.54, 1.807) is 0 Å². The van der Waals surface area contributed by atoms with Crippen LogP contribution < -0.4 is 0 Å². The Hall–Kier alpha value is -0.760. The van der Waals surface area contributed by atoms with Gasteiger partial charge in [0.15, 0.2) is 5.12 Å². The van der Waals surface area contributed by atoms with Gasteiger partial charge in [-0.2, -0.15) is 0 Å². The summed E-state index contributed by atoms with van der Waals surface area (Å²) in [6.45, 7) is 13.3. The number of hydrogen-bond acceptors (Lipinski definition) is 1. The first-order valence-electron chi connectivity index (χ1n) is 8.93. The van der Waals surface area contributed by atoms with Gasteiger partial charge < -0.3 is 0 Å². The van der Waals surface area contributed by atoms with Gasteiger partial charge in [-0.1, -0.05) is 55.2 Å². The molecule has 1 fully saturated rings. The van der Waals surface area contributed by atoms with Crippen LogP contribution in [-0.2, 0) is 4.79 Å². The highest BCUT2D eigenvalue weighted by atomic mass is 32.1. The van der Waals surface area contributed by atoms with E-state index in [1.807, 2.05) is 0 Å². The van der Waals surface area contributed by atoms with E-state index < -0.39 is 0 Å². The number of carbonyl (C=O) groups excluding carboxylic acids is 1. The van der Waals surface area contributed by atoms with Crippen LogP contribution in [0.1, 0.15) is 60.8 Å². The molecule has 23 heavy (non-hydrogen) atoms. The lowest BCUT2D eigenvalue weighted by molar-refractivity contribution is -0.120. The van der Waals surface area contributed by atoms with Crippen LogP contribution in [0.2, 0.25) is 0 Å². The molecule has 0 aromatic heterocycles. The maximum Gasteiger partial charge on any atom is 0.190 e. The Kier molecular flexibility index (Phi) is 5.66. The predicted octanol–water partition coefficient (Wildman–Crippen LogP) is 5.99. The molecular formula is C21H32OS. The summed E-state index contributed by atoms with van der Waals surface area (Å²) in [7, 11) is 0. The van der Waals surface area contributed by atoms with Crippen LogP contribution in [0.4, 0.5) is 0 Å². The SMILES string of the molecule is C/C=C(C)/C=C(\C)[C@@H]1C(C)=C[C@]2(C)C[C@H](C)CC[C@H]2C1C(=O)S. The van der Waals surface area contributed by atoms with Gasteiger partial charge >= 0.3 is 0 Å². The largest absolute Gasteiger partial charge is 0.287 e. The normalized spacial score (nSPS) is 38.8. The summed E-state index contributed by atoms with van der Waals surface area (Å²) in [5.74, 6) is 1.39. The number of thiol groups is 1. The van der Waals surface area contributed by atoms with E-state index in [2.05, 4.69) is 72.4 Å². The summed E-state index contributed by atoms with van der Waals surface area (Å²) in [5, 5.41) is 0.0686. The topological polar surface area (TPSA) is 17.1 Å². The lowest BCUT2D eigenvalue weighted by atomic mass is 9.53. The van der Waals surface area contributed by atoms with Gasteiger partial charge in [-0.25, -0.2) is 0 Å². The maximum absolute atomic E-state index is 12.5. The first-order valence-corrected chi connectivity index (χ1v) is 9.37. The molecule has 0 aliphatic heterocycles. The van der Waals surface area contributed by atoms with Crippen LogP contribution in [0.15, 0.2) is 34.9 Å². The van der Waals surface area contributed by atoms with Gasteiger partial charge in [0.2, 0.25) is 0 Å². The minimum absolute atomic E-state index is 0.0155. The molecule has 0 amide bonds. The fraction of sp³-hybridized carbons (Fsp3) is 0.667. The summed E-state index contributed by atoms with van der Waals surface area (Å²) in [4.78, 5) is 12.5. The summed E-state index contributed by atoms with van der Waals surface area (Å²) in [5.41, 5.74) is 4.05. The van der Waals surface area contributed by atoms with E-state index in [0.29, 0.717) is 5.92 Å². The predicted molar refractivity (Wildman–Crippen MR) is 103 cm³/mol. The minimum Gasteiger partial charge on any atom is -0.287 e. The zero-order valence-corrected chi connectivity index (χ0v) is 16.4. The van der Waals surface area contributed by atoms with Crippen molar-refractivity contribution in [2.24, 2.45) is 29.1 Å². The van der Waals surface area contributed by atoms with E-state index in [-0.39, 0.29) is 22.4 Å². The van der Waals surface area contributed by atoms with E-state index in [0.717, 1.165) is 12.3 Å². The minimum atomic E-state index is 0.0155. The first-order chi connectivity index (χ1) is 10.7. The molecule has 2 aliphatic rings. The van der Waals surface area contributed by atoms with Crippen LogP contribution in [0.3, 0.4) is 0 Å². The summed E-state index contributed by atoms with van der Waals surface area (Å²) < 4.78 is 0. The molecule has 1 unspecified atom stereocenters. The molecular weight excluding hydrogens is 300 g/mol. The molecule has 0 N–H and O–H groups in total. The van der Waals surface area contributed by atoms with Gasteiger partial charge in [-0.15, -0.1) is 12.6 Å². The molecule has 0 heterocycles. The number of carbonyl (C=O) groups is 1. The summed E-state index contributed by atoms with van der Waals surface area (Å²) in [6.07, 6.45) is 10.4. The molecule has 0 bridgehead atoms. The Morgan fingerprint density at radius 1 is 1.35 bits per heavy atom. The highest BCUT2D eigenvalue weighted by molar-refractivity contribution is 7.96. The van der Waals surface area contributed by atoms with Gasteiger partial charge in [-0.05, 0) is 57.8 Å². The van der Waals surface area contributed by atoms with Gasteiger partial charge in [0.05, 0.1) is 0 Å². The standard InChI is InChI=1S/C21H32OS/c1-7-13(2)10-15(4)18-16(5)12-21(6)11-14(3)8-9-17(21)19(18)20(22)23/h7,10,12,14,17-19H,8-9,11H2,1-6H3,(H,22,23)/b13-7+,15-10+/t14-,17+,18-,19?,21+/m1/s1. The zero-order valence-electron chi connectivity index (χ0n) is 15.5. The molecule has 1 nitrogen and oxygen atoms in total. The summed E-state index contributed by atoms with van der Waals surface area (Å²) in [6, 6.07) is 0. The van der Waals surface area contributed by atoms with Gasteiger partial charge in [0, 0.05) is 11.8 Å². The molecule has 2 rings (SSSR count). The molecule has 0 aromatic rings. The van der Waals surface area contributed by atoms with Crippen LogP contribution >= 0.6 is 12.6 Å². The number of hydrogen-bond donors (Lipinski definition) is 1. The second-order valence-corrected chi connectivity index (χ2v) is 8.59. The Balaban J connectivity index is 2.50. The second kappa shape index (κ2) is 7.01. The molecule has 2 aliphatic carbocycles. The van der Waals surface area contributed by atoms with Gasteiger partial charge in [0.1, 0.15) is 0 Å². The molecule has 2 heteroatoms. The zero-order chi connectivity index (χ0) is 17.4. The Labute approximate surface area is 147 Å². The molecule has 5 atom stereocenters. The van der Waals surface area contributed by atoms with Crippen LogP contribution in [0.5, 0.6) is 0 Å². The smallest absolute Gasteiger partial charge is 0.190 e. The summed E-state index contributed by atoms with van der Waals surface area (Å²) >= 11 is 4.32. The quantitative estimate of drug-likeness (QED) is 0.381. The van der Waals surface area contributed by atoms with Crippen molar-refractivity contribution in [1.82, 2.24) is 0 Å². The molecule has 0 spiro atoms. The third-order valence-electron chi connectivity index (χ3n) is 6.13. The third-order valence-corrected chi connectivity index (χ3v) is 6.43. The van der Waals surface area contributed by atoms with Gasteiger partial charge in [0.25, 0.3) is 0 Å². The number of rotatable bonds is 3. The van der Waals surface area contributed by atoms with Gasteiger partial charge in [-0.3, -0.25) is 4.79 Å². The fourth-order valence-corrected chi connectivity index (χ4v) is 5.50. The van der Waals surface area contributed by atoms with Crippen LogP contribution in [0.25, 0.3) is 0 Å². The molecule has 128 valence electrons. The molecule has 0 aromatic carbocycles. The van der Waals surface area contributed by atoms with Crippen molar-refractivity contribution in [3.05, 3.63) is 34.9 Å². The lowest BCUT2D eigenvalue weighted by Crippen LogP contribution is -2.46. The monoisotopic (exact) mass is 332 g/mol. The highest BCUT2D eigenvalue weighted by Gasteiger charge is 2.49. The fourth-order valence-electron chi connectivity index (χ4n) is 5.17. The van der Waals surface area contributed by atoms with E-state index in [9.17, 15) is 4.79 Å². The average Bonchev–Trinajstić information content (AvgIpc) is 2.43. The van der Waals surface area contributed by atoms with Crippen LogP contribution in [-0.4, -0.2) is 5.12 Å². The van der Waals surface area contributed by atoms with Crippen molar-refractivity contribution in [1.29, 1.82) is 0 Å². The van der Waals surface area contributed by atoms with E-state index in [1.165, 1.54) is 29.6 Å². The number of allylic oxidation sites excluding steroid dienone is 6. The Bertz CT molecular complexity index is 568. The van der Waals surface area contributed by atoms with E-state index in [4.69, 9.17) is 0 Å². The first kappa shape index (κ1) is 18.6. The lowest BCUT2D eigenvalue weighted by Gasteiger charge is -2.51. The van der Waals surface area contributed by atoms with Crippen molar-refractivity contribution < 1.29 is 4.79 Å². The Morgan fingerprint density at radius 3 is 2.57 bits per heavy atom. The maximum atomic E-state index is 12.5. The van der Waals surface area contributed by atoms with Crippen LogP contribution in [0, 0.1) is 29.1 Å². The van der Waals surface area contributed by atoms with Crippen molar-refractivity contribution in [3.63, 3.8) is 0 Å². The van der Waals surface area contributed by atoms with E-state index >= 15 is 0 Å². The van der Waals surface area contributed by atoms with Crippen molar-refractivity contribution in [2.45, 2.75) is 60.8 Å². The number of fused-ring (bicyclic) bond motifs is 1. The average molecular weight is 333 g/mol. The van der Waals surface area contributed by atoms with Crippen molar-refractivity contribution >= 4 is 17.7 Å². The van der Waals surface area contributed by atoms with Crippen molar-refractivity contribution in [2.75, 3.05) is 0 Å². The Morgan fingerprint density at radius 2 is 2.00 bits per heavy atom. The highest BCUT2D eigenvalue weighted by Crippen LogP contribution is 2.56. The third kappa shape index (κ3) is 3.68. The second-order valence-electron chi connectivity index (χ2n) is 8.15. The van der Waals surface area contributed by atoms with Crippen molar-refractivity contribution in [3.8, 4) is 0 Å². The molecule has 0 saturated heterocycles.